The summed E-state index contributed by atoms with van der Waals surface area (Å²) in [6.07, 6.45) is 4.25. The van der Waals surface area contributed by atoms with Crippen LogP contribution >= 0.6 is 0 Å². The molecule has 0 aliphatic carbocycles. The van der Waals surface area contributed by atoms with Crippen molar-refractivity contribution in [1.82, 2.24) is 15.5 Å². The predicted molar refractivity (Wildman–Crippen MR) is 101 cm³/mol. The first kappa shape index (κ1) is 18.4. The van der Waals surface area contributed by atoms with Crippen LogP contribution in [-0.4, -0.2) is 62.4 Å². The van der Waals surface area contributed by atoms with E-state index in [1.165, 1.54) is 0 Å². The van der Waals surface area contributed by atoms with Gasteiger partial charge >= 0.3 is 0 Å². The van der Waals surface area contributed by atoms with Crippen molar-refractivity contribution in [2.75, 3.05) is 46.4 Å². The van der Waals surface area contributed by atoms with E-state index in [1.807, 2.05) is 30.3 Å². The summed E-state index contributed by atoms with van der Waals surface area (Å²) in [6, 6.07) is 8.43. The van der Waals surface area contributed by atoms with Crippen molar-refractivity contribution in [3.63, 3.8) is 0 Å². The molecule has 5 nitrogen and oxygen atoms in total. The molecular formula is C20H31N3O2. The number of nitrogens with zero attached hydrogens (tertiary/aromatic N) is 1. The van der Waals surface area contributed by atoms with E-state index in [1.54, 1.807) is 7.11 Å². The van der Waals surface area contributed by atoms with Crippen LogP contribution in [0.1, 0.15) is 18.4 Å². The van der Waals surface area contributed by atoms with Crippen LogP contribution in [0.15, 0.2) is 36.9 Å². The van der Waals surface area contributed by atoms with Gasteiger partial charge in [0.25, 0.3) is 0 Å². The van der Waals surface area contributed by atoms with Crippen molar-refractivity contribution >= 4 is 0 Å². The maximum atomic E-state index is 11.3. The summed E-state index contributed by atoms with van der Waals surface area (Å²) >= 11 is 0. The van der Waals surface area contributed by atoms with Crippen LogP contribution < -0.4 is 15.4 Å². The average Bonchev–Trinajstić information content (AvgIpc) is 3.03. The molecule has 0 bridgehead atoms. The Kier molecular flexibility index (Phi) is 6.12. The standard InChI is InChI=1S/C20H31N3O2/c1-3-10-22-18-8-11-23(12-9-18)14-17-13-21-15-20(17,24)16-4-6-19(25-2)7-5-16/h3-7,17-18,21-22,24H,1,8-15H2,2H3/t17-,20-/m0/s1. The van der Waals surface area contributed by atoms with Crippen molar-refractivity contribution in [2.45, 2.75) is 24.5 Å². The first-order chi connectivity index (χ1) is 12.2. The van der Waals surface area contributed by atoms with Crippen LogP contribution in [-0.2, 0) is 5.60 Å². The van der Waals surface area contributed by atoms with Crippen LogP contribution in [0.25, 0.3) is 0 Å². The Balaban J connectivity index is 1.59. The molecular weight excluding hydrogens is 314 g/mol. The number of nitrogens with one attached hydrogen (secondary N) is 2. The molecule has 0 saturated carbocycles. The molecule has 0 unspecified atom stereocenters. The summed E-state index contributed by atoms with van der Waals surface area (Å²) in [5, 5.41) is 18.2. The second kappa shape index (κ2) is 8.32. The zero-order valence-corrected chi connectivity index (χ0v) is 15.2. The lowest BCUT2D eigenvalue weighted by molar-refractivity contribution is -0.00444. The molecule has 138 valence electrons. The number of benzene rings is 1. The number of methoxy groups -OCH3 is 1. The molecule has 0 radical (unpaired) electrons. The van der Waals surface area contributed by atoms with E-state index < -0.39 is 5.60 Å². The first-order valence-corrected chi connectivity index (χ1v) is 9.30. The predicted octanol–water partition coefficient (Wildman–Crippen LogP) is 1.34. The molecule has 25 heavy (non-hydrogen) atoms. The first-order valence-electron chi connectivity index (χ1n) is 9.30. The molecule has 2 fully saturated rings. The molecule has 0 spiro atoms. The van der Waals surface area contributed by atoms with Gasteiger partial charge in [-0.15, -0.1) is 6.58 Å². The van der Waals surface area contributed by atoms with Crippen LogP contribution in [0.4, 0.5) is 0 Å². The van der Waals surface area contributed by atoms with Crippen LogP contribution in [0.3, 0.4) is 0 Å². The Morgan fingerprint density at radius 2 is 2.08 bits per heavy atom. The summed E-state index contributed by atoms with van der Waals surface area (Å²) in [7, 11) is 1.66. The number of aliphatic hydroxyl groups is 1. The third-order valence-electron chi connectivity index (χ3n) is 5.67. The Hall–Kier alpha value is -1.40. The van der Waals surface area contributed by atoms with Crippen LogP contribution in [0.2, 0.25) is 0 Å². The molecule has 2 aliphatic rings. The Labute approximate surface area is 151 Å². The molecule has 1 aromatic carbocycles. The highest BCUT2D eigenvalue weighted by Crippen LogP contribution is 2.34. The van der Waals surface area contributed by atoms with Gasteiger partial charge in [0.05, 0.1) is 7.11 Å². The summed E-state index contributed by atoms with van der Waals surface area (Å²) in [5.74, 6) is 1.03. The van der Waals surface area contributed by atoms with Gasteiger partial charge in [0, 0.05) is 38.1 Å². The van der Waals surface area contributed by atoms with Gasteiger partial charge in [-0.05, 0) is 43.6 Å². The Morgan fingerprint density at radius 1 is 1.36 bits per heavy atom. The van der Waals surface area contributed by atoms with E-state index in [4.69, 9.17) is 4.74 Å². The number of β-amino-alcohol motifs (C(OH)–C–C–N with tert-alkyl or cyclic N) is 1. The normalized spacial score (nSPS) is 28.2. The Morgan fingerprint density at radius 3 is 2.72 bits per heavy atom. The molecule has 3 N–H and O–H groups in total. The monoisotopic (exact) mass is 345 g/mol. The van der Waals surface area contributed by atoms with Crippen LogP contribution in [0.5, 0.6) is 5.75 Å². The summed E-state index contributed by atoms with van der Waals surface area (Å²) in [5.41, 5.74) is 0.176. The molecule has 0 aromatic heterocycles. The third kappa shape index (κ3) is 4.23. The molecule has 2 saturated heterocycles. The molecule has 2 atom stereocenters. The van der Waals surface area contributed by atoms with E-state index in [9.17, 15) is 5.11 Å². The lowest BCUT2D eigenvalue weighted by Gasteiger charge is -2.37. The van der Waals surface area contributed by atoms with E-state index in [0.717, 1.165) is 56.9 Å². The second-order valence-corrected chi connectivity index (χ2v) is 7.25. The molecule has 3 rings (SSSR count). The van der Waals surface area contributed by atoms with Gasteiger partial charge in [0.2, 0.25) is 0 Å². The van der Waals surface area contributed by atoms with Gasteiger partial charge in [-0.2, -0.15) is 0 Å². The molecule has 1 aromatic rings. The highest BCUT2D eigenvalue weighted by Gasteiger charge is 2.43. The van der Waals surface area contributed by atoms with Crippen molar-refractivity contribution in [2.24, 2.45) is 5.92 Å². The Bertz CT molecular complexity index is 555. The largest absolute Gasteiger partial charge is 0.497 e. The van der Waals surface area contributed by atoms with Gasteiger partial charge in [0.15, 0.2) is 0 Å². The average molecular weight is 345 g/mol. The summed E-state index contributed by atoms with van der Waals surface area (Å²) in [4.78, 5) is 2.50. The molecule has 0 amide bonds. The number of piperidine rings is 1. The third-order valence-corrected chi connectivity index (χ3v) is 5.67. The van der Waals surface area contributed by atoms with Crippen molar-refractivity contribution < 1.29 is 9.84 Å². The van der Waals surface area contributed by atoms with E-state index in [-0.39, 0.29) is 5.92 Å². The summed E-state index contributed by atoms with van der Waals surface area (Å²) < 4.78 is 5.23. The molecule has 2 aliphatic heterocycles. The number of rotatable bonds is 7. The fraction of sp³-hybridized carbons (Fsp3) is 0.600. The number of ether oxygens (including phenoxy) is 1. The topological polar surface area (TPSA) is 56.8 Å². The highest BCUT2D eigenvalue weighted by molar-refractivity contribution is 5.32. The quantitative estimate of drug-likeness (QED) is 0.651. The van der Waals surface area contributed by atoms with Crippen molar-refractivity contribution in [1.29, 1.82) is 0 Å². The van der Waals surface area contributed by atoms with Gasteiger partial charge in [-0.25, -0.2) is 0 Å². The van der Waals surface area contributed by atoms with Gasteiger partial charge < -0.3 is 25.4 Å². The van der Waals surface area contributed by atoms with Crippen LogP contribution in [0, 0.1) is 5.92 Å². The fourth-order valence-electron chi connectivity index (χ4n) is 4.06. The minimum atomic E-state index is -0.801. The minimum Gasteiger partial charge on any atom is -0.497 e. The van der Waals surface area contributed by atoms with Gasteiger partial charge in [-0.1, -0.05) is 18.2 Å². The van der Waals surface area contributed by atoms with E-state index >= 15 is 0 Å². The van der Waals surface area contributed by atoms with Gasteiger partial charge in [-0.3, -0.25) is 0 Å². The SMILES string of the molecule is C=CCNC1CCN(C[C@@H]2CNC[C@]2(O)c2ccc(OC)cc2)CC1. The maximum Gasteiger partial charge on any atom is 0.118 e. The maximum absolute atomic E-state index is 11.3. The minimum absolute atomic E-state index is 0.207. The zero-order chi connectivity index (χ0) is 17.7. The highest BCUT2D eigenvalue weighted by atomic mass is 16.5. The number of hydrogen-bond acceptors (Lipinski definition) is 5. The van der Waals surface area contributed by atoms with E-state index in [0.29, 0.717) is 12.6 Å². The van der Waals surface area contributed by atoms with Crippen molar-refractivity contribution in [3.05, 3.63) is 42.5 Å². The lowest BCUT2D eigenvalue weighted by Crippen LogP contribution is -2.47. The zero-order valence-electron chi connectivity index (χ0n) is 15.2. The fourth-order valence-corrected chi connectivity index (χ4v) is 4.06. The lowest BCUT2D eigenvalue weighted by atomic mass is 9.83. The van der Waals surface area contributed by atoms with E-state index in [2.05, 4.69) is 22.1 Å². The summed E-state index contributed by atoms with van der Waals surface area (Å²) in [6.45, 7) is 9.23. The number of likely N-dealkylation sites (tertiary alicyclic amines) is 1. The van der Waals surface area contributed by atoms with Gasteiger partial charge in [0.1, 0.15) is 11.4 Å². The van der Waals surface area contributed by atoms with Crippen molar-refractivity contribution in [3.8, 4) is 5.75 Å². The number of hydrogen-bond donors (Lipinski definition) is 3. The smallest absolute Gasteiger partial charge is 0.118 e. The molecule has 2 heterocycles. The molecule has 5 heteroatoms. The second-order valence-electron chi connectivity index (χ2n) is 7.25.